The molecule has 1 aliphatic carbocycles. The summed E-state index contributed by atoms with van der Waals surface area (Å²) in [6.45, 7) is 5.00. The number of ether oxygens (including phenoxy) is 2. The highest BCUT2D eigenvalue weighted by atomic mass is 19.4. The average Bonchev–Trinajstić information content (AvgIpc) is 2.88. The van der Waals surface area contributed by atoms with Crippen molar-refractivity contribution >= 4 is 17.6 Å². The molecule has 0 spiro atoms. The summed E-state index contributed by atoms with van der Waals surface area (Å²) in [4.78, 5) is 31.5. The van der Waals surface area contributed by atoms with E-state index in [1.54, 1.807) is 0 Å². The number of hydrogen-bond acceptors (Lipinski definition) is 7. The summed E-state index contributed by atoms with van der Waals surface area (Å²) in [5, 5.41) is 18.8. The number of aliphatic hydroxyl groups excluding tert-OH is 2. The number of hydrogen-bond donors (Lipinski definition) is 2. The largest absolute Gasteiger partial charge is 0.465 e. The zero-order valence-electron chi connectivity index (χ0n) is 21.8. The van der Waals surface area contributed by atoms with Gasteiger partial charge in [-0.15, -0.1) is 0 Å². The number of benzene rings is 1. The molecule has 1 heterocycles. The van der Waals surface area contributed by atoms with Gasteiger partial charge in [0.15, 0.2) is 0 Å². The lowest BCUT2D eigenvalue weighted by Gasteiger charge is -2.34. The van der Waals surface area contributed by atoms with Gasteiger partial charge in [-0.25, -0.2) is 9.78 Å². The number of halogens is 3. The monoisotopic (exact) mass is 538 g/mol. The second-order valence-corrected chi connectivity index (χ2v) is 9.85. The summed E-state index contributed by atoms with van der Waals surface area (Å²) < 4.78 is 51.5. The van der Waals surface area contributed by atoms with Crippen LogP contribution in [0.5, 0.6) is 11.6 Å². The van der Waals surface area contributed by atoms with E-state index in [1.807, 2.05) is 13.8 Å². The van der Waals surface area contributed by atoms with Crippen molar-refractivity contribution < 1.29 is 42.4 Å². The van der Waals surface area contributed by atoms with E-state index in [2.05, 4.69) is 11.9 Å². The highest BCUT2D eigenvalue weighted by molar-refractivity contribution is 6.04. The van der Waals surface area contributed by atoms with Crippen molar-refractivity contribution in [2.45, 2.75) is 64.8 Å². The lowest BCUT2D eigenvalue weighted by molar-refractivity contribution is -0.139. The molecule has 38 heavy (non-hydrogen) atoms. The Morgan fingerprint density at radius 3 is 2.37 bits per heavy atom. The average molecular weight is 539 g/mol. The van der Waals surface area contributed by atoms with Gasteiger partial charge in [-0.1, -0.05) is 6.92 Å². The van der Waals surface area contributed by atoms with Gasteiger partial charge in [-0.2, -0.15) is 13.2 Å². The zero-order valence-corrected chi connectivity index (χ0v) is 21.8. The Balaban J connectivity index is 2.01. The van der Waals surface area contributed by atoms with Crippen LogP contribution in [0.25, 0.3) is 0 Å². The second-order valence-electron chi connectivity index (χ2n) is 9.85. The predicted octanol–water partition coefficient (Wildman–Crippen LogP) is 5.27. The van der Waals surface area contributed by atoms with Crippen LogP contribution in [0.15, 0.2) is 30.5 Å². The highest BCUT2D eigenvalue weighted by Crippen LogP contribution is 2.39. The van der Waals surface area contributed by atoms with Gasteiger partial charge in [0, 0.05) is 23.7 Å². The van der Waals surface area contributed by atoms with E-state index in [4.69, 9.17) is 14.6 Å². The summed E-state index contributed by atoms with van der Waals surface area (Å²) in [5.74, 6) is -1.49. The van der Waals surface area contributed by atoms with Gasteiger partial charge < -0.3 is 24.6 Å². The summed E-state index contributed by atoms with van der Waals surface area (Å²) >= 11 is 0. The number of carbonyl (C=O) groups excluding carboxylic acids is 2. The number of anilines is 1. The van der Waals surface area contributed by atoms with E-state index in [9.17, 15) is 27.9 Å². The van der Waals surface area contributed by atoms with Crippen LogP contribution in [0, 0.1) is 11.8 Å². The van der Waals surface area contributed by atoms with Crippen LogP contribution in [0.2, 0.25) is 0 Å². The topological polar surface area (TPSA) is 109 Å². The molecule has 2 N–H and O–H groups in total. The van der Waals surface area contributed by atoms with Crippen LogP contribution in [0.1, 0.15) is 74.0 Å². The summed E-state index contributed by atoms with van der Waals surface area (Å²) in [6, 6.07) is 4.35. The molecule has 0 aliphatic heterocycles. The fraction of sp³-hybridized carbons (Fsp3) is 0.519. The summed E-state index contributed by atoms with van der Waals surface area (Å²) in [7, 11) is 1.16. The van der Waals surface area contributed by atoms with Crippen molar-refractivity contribution in [3.05, 3.63) is 47.2 Å². The molecule has 1 aromatic carbocycles. The van der Waals surface area contributed by atoms with Gasteiger partial charge in [0.25, 0.3) is 0 Å². The number of aromatic nitrogens is 1. The second kappa shape index (κ2) is 12.1. The third kappa shape index (κ3) is 6.63. The predicted molar refractivity (Wildman–Crippen MR) is 133 cm³/mol. The van der Waals surface area contributed by atoms with E-state index < -0.39 is 36.3 Å². The first-order chi connectivity index (χ1) is 17.9. The first-order valence-electron chi connectivity index (χ1n) is 12.5. The minimum Gasteiger partial charge on any atom is -0.465 e. The number of alkyl halides is 3. The fourth-order valence-corrected chi connectivity index (χ4v) is 4.57. The van der Waals surface area contributed by atoms with E-state index >= 15 is 0 Å². The lowest BCUT2D eigenvalue weighted by atomic mass is 9.82. The van der Waals surface area contributed by atoms with Gasteiger partial charge in [0.2, 0.25) is 11.8 Å². The van der Waals surface area contributed by atoms with Crippen LogP contribution in [-0.4, -0.2) is 46.8 Å². The van der Waals surface area contributed by atoms with Gasteiger partial charge in [-0.05, 0) is 69.7 Å². The van der Waals surface area contributed by atoms with Gasteiger partial charge in [0.05, 0.1) is 25.0 Å². The molecule has 11 heteroatoms. The molecule has 0 saturated heterocycles. The van der Waals surface area contributed by atoms with Crippen LogP contribution >= 0.6 is 0 Å². The Labute approximate surface area is 219 Å². The third-order valence-corrected chi connectivity index (χ3v) is 6.70. The normalized spacial score (nSPS) is 18.7. The number of esters is 1. The van der Waals surface area contributed by atoms with Gasteiger partial charge in [0.1, 0.15) is 17.4 Å². The molecule has 1 fully saturated rings. The maximum atomic E-state index is 13.7. The van der Waals surface area contributed by atoms with Crippen molar-refractivity contribution in [1.82, 2.24) is 4.98 Å². The number of amides is 1. The number of carbonyl (C=O) groups is 2. The molecule has 8 nitrogen and oxygen atoms in total. The van der Waals surface area contributed by atoms with Crippen LogP contribution in [-0.2, 0) is 15.7 Å². The first kappa shape index (κ1) is 29.4. The van der Waals surface area contributed by atoms with E-state index in [0.717, 1.165) is 39.0 Å². The number of rotatable bonds is 8. The molecular formula is C27H33F3N2O6. The van der Waals surface area contributed by atoms with E-state index in [-0.39, 0.29) is 40.4 Å². The van der Waals surface area contributed by atoms with E-state index in [0.29, 0.717) is 12.0 Å². The van der Waals surface area contributed by atoms with Crippen molar-refractivity contribution in [3.63, 3.8) is 0 Å². The fourth-order valence-electron chi connectivity index (χ4n) is 4.57. The highest BCUT2D eigenvalue weighted by Gasteiger charge is 2.37. The Morgan fingerprint density at radius 1 is 1.16 bits per heavy atom. The molecule has 0 bridgehead atoms. The number of pyridine rings is 1. The maximum Gasteiger partial charge on any atom is 0.421 e. The van der Waals surface area contributed by atoms with Crippen molar-refractivity contribution in [2.24, 2.45) is 11.8 Å². The van der Waals surface area contributed by atoms with Crippen LogP contribution < -0.4 is 9.64 Å². The Morgan fingerprint density at radius 2 is 1.82 bits per heavy atom. The van der Waals surface area contributed by atoms with Crippen molar-refractivity contribution in [2.75, 3.05) is 18.6 Å². The molecule has 1 unspecified atom stereocenters. The maximum absolute atomic E-state index is 13.7. The molecule has 208 valence electrons. The molecule has 1 saturated carbocycles. The molecule has 0 radical (unpaired) electrons. The first-order valence-corrected chi connectivity index (χ1v) is 12.5. The molecule has 1 amide bonds. The molecule has 1 aromatic heterocycles. The van der Waals surface area contributed by atoms with Crippen LogP contribution in [0.4, 0.5) is 18.9 Å². The van der Waals surface area contributed by atoms with Crippen LogP contribution in [0.3, 0.4) is 0 Å². The smallest absolute Gasteiger partial charge is 0.421 e. The minimum absolute atomic E-state index is 0.0443. The van der Waals surface area contributed by atoms with Crippen molar-refractivity contribution in [1.29, 1.82) is 0 Å². The lowest BCUT2D eigenvalue weighted by Crippen LogP contribution is -2.43. The van der Waals surface area contributed by atoms with E-state index in [1.165, 1.54) is 23.1 Å². The number of aliphatic hydroxyl groups is 2. The molecular weight excluding hydrogens is 505 g/mol. The third-order valence-electron chi connectivity index (χ3n) is 6.70. The quantitative estimate of drug-likeness (QED) is 0.441. The Kier molecular flexibility index (Phi) is 9.37. The molecule has 3 rings (SSSR count). The molecule has 2 aromatic rings. The molecule has 1 atom stereocenters. The molecule has 1 aliphatic rings. The number of nitrogens with zero attached hydrogens (tertiary/aromatic N) is 2. The zero-order chi connectivity index (χ0) is 28.2. The summed E-state index contributed by atoms with van der Waals surface area (Å²) in [5.41, 5.74) is -1.27. The minimum atomic E-state index is -4.88. The number of methoxy groups -OCH3 is 1. The summed E-state index contributed by atoms with van der Waals surface area (Å²) in [6.07, 6.45) is -2.11. The van der Waals surface area contributed by atoms with Gasteiger partial charge in [-0.3, -0.25) is 4.79 Å². The van der Waals surface area contributed by atoms with Crippen molar-refractivity contribution in [3.8, 4) is 11.6 Å². The SMILES string of the molecule is COC(=O)c1cc(Oc2ncc(C(O)CO)cc2C(F)(F)F)ccc1N(C(=O)[C@H]1CC[C@H](C)CC1)C(C)C. The Hall–Kier alpha value is -3.18. The Bertz CT molecular complexity index is 1150. The standard InChI is InChI=1S/C27H33F3N2O6/c1-15(2)32(25(35)17-7-5-16(3)6-8-17)22-10-9-19(12-20(22)26(36)37-4)38-24-21(27(28,29)30)11-18(13-31-24)23(34)14-33/h9-13,15-17,23,33-34H,5-8,14H2,1-4H3/t16-,17-,23?. The van der Waals surface area contributed by atoms with Gasteiger partial charge >= 0.3 is 12.1 Å².